The normalized spacial score (nSPS) is 27.8. The average Bonchev–Trinajstić information content (AvgIpc) is 2.63. The summed E-state index contributed by atoms with van der Waals surface area (Å²) in [6.45, 7) is 7.70. The summed E-state index contributed by atoms with van der Waals surface area (Å²) < 4.78 is 5.45. The van der Waals surface area contributed by atoms with E-state index in [1.54, 1.807) is 0 Å². The van der Waals surface area contributed by atoms with Gasteiger partial charge in [-0.1, -0.05) is 13.8 Å². The number of thiophene rings is 1. The molecule has 90 valence electrons. The van der Waals surface area contributed by atoms with Gasteiger partial charge in [-0.25, -0.2) is 0 Å². The van der Waals surface area contributed by atoms with Crippen molar-refractivity contribution in [3.05, 3.63) is 21.9 Å². The van der Waals surface area contributed by atoms with E-state index in [1.807, 2.05) is 18.4 Å². The van der Waals surface area contributed by atoms with E-state index in [9.17, 15) is 0 Å². The highest BCUT2D eigenvalue weighted by Crippen LogP contribution is 2.42. The van der Waals surface area contributed by atoms with Crippen LogP contribution >= 0.6 is 11.3 Å². The van der Waals surface area contributed by atoms with Crippen LogP contribution in [0.3, 0.4) is 0 Å². The third-order valence-electron chi connectivity index (χ3n) is 3.78. The van der Waals surface area contributed by atoms with Crippen LogP contribution in [0, 0.1) is 12.3 Å². The number of rotatable bonds is 4. The number of aryl methyl sites for hydroxylation is 1. The van der Waals surface area contributed by atoms with Gasteiger partial charge >= 0.3 is 0 Å². The second kappa shape index (κ2) is 4.47. The van der Waals surface area contributed by atoms with Crippen molar-refractivity contribution in [3.8, 4) is 0 Å². The maximum atomic E-state index is 5.45. The lowest BCUT2D eigenvalue weighted by Gasteiger charge is -2.51. The molecule has 1 N–H and O–H groups in total. The highest BCUT2D eigenvalue weighted by atomic mass is 32.1. The van der Waals surface area contributed by atoms with Crippen molar-refractivity contribution in [3.63, 3.8) is 0 Å². The zero-order chi connectivity index (χ0) is 11.8. The molecule has 2 atom stereocenters. The molecule has 3 heteroatoms. The molecule has 16 heavy (non-hydrogen) atoms. The molecule has 1 fully saturated rings. The molecule has 0 aromatic carbocycles. The summed E-state index contributed by atoms with van der Waals surface area (Å²) in [5.41, 5.74) is 0.265. The first-order valence-corrected chi connectivity index (χ1v) is 6.67. The zero-order valence-electron chi connectivity index (χ0n) is 10.5. The first-order chi connectivity index (χ1) is 7.54. The molecule has 0 radical (unpaired) electrons. The fraction of sp³-hybridized carbons (Fsp3) is 0.692. The predicted octanol–water partition coefficient (Wildman–Crippen LogP) is 2.96. The van der Waals surface area contributed by atoms with Gasteiger partial charge in [0.1, 0.15) is 0 Å². The van der Waals surface area contributed by atoms with Crippen molar-refractivity contribution in [1.29, 1.82) is 0 Å². The lowest BCUT2D eigenvalue weighted by atomic mass is 9.64. The van der Waals surface area contributed by atoms with Gasteiger partial charge < -0.3 is 10.1 Å². The van der Waals surface area contributed by atoms with Crippen LogP contribution in [0.25, 0.3) is 0 Å². The van der Waals surface area contributed by atoms with Crippen molar-refractivity contribution in [1.82, 2.24) is 5.32 Å². The van der Waals surface area contributed by atoms with Gasteiger partial charge in [-0.3, -0.25) is 0 Å². The topological polar surface area (TPSA) is 21.3 Å². The van der Waals surface area contributed by atoms with Gasteiger partial charge in [0.05, 0.1) is 6.10 Å². The molecule has 1 saturated carbocycles. The van der Waals surface area contributed by atoms with Gasteiger partial charge in [-0.2, -0.15) is 0 Å². The number of ether oxygens (including phenoxy) is 1. The Morgan fingerprint density at radius 3 is 2.75 bits per heavy atom. The summed E-state index contributed by atoms with van der Waals surface area (Å²) in [5.74, 6) is 0. The van der Waals surface area contributed by atoms with Crippen molar-refractivity contribution in [2.45, 2.75) is 45.9 Å². The summed E-state index contributed by atoms with van der Waals surface area (Å²) >= 11 is 1.88. The second-order valence-corrected chi connectivity index (χ2v) is 6.60. The molecule has 1 aromatic rings. The quantitative estimate of drug-likeness (QED) is 0.872. The van der Waals surface area contributed by atoms with Gasteiger partial charge in [-0.15, -0.1) is 11.3 Å². The Morgan fingerprint density at radius 1 is 1.50 bits per heavy atom. The molecular formula is C13H21NOS. The van der Waals surface area contributed by atoms with Crippen LogP contribution in [0.15, 0.2) is 12.1 Å². The Balaban J connectivity index is 1.84. The Bertz CT molecular complexity index is 359. The maximum Gasteiger partial charge on any atom is 0.0652 e. The van der Waals surface area contributed by atoms with E-state index >= 15 is 0 Å². The molecule has 1 aromatic heterocycles. The Kier molecular flexibility index (Phi) is 3.38. The van der Waals surface area contributed by atoms with Crippen LogP contribution in [0.5, 0.6) is 0 Å². The summed E-state index contributed by atoms with van der Waals surface area (Å²) in [7, 11) is 1.81. The van der Waals surface area contributed by atoms with Crippen molar-refractivity contribution >= 4 is 11.3 Å². The van der Waals surface area contributed by atoms with Crippen LogP contribution in [-0.2, 0) is 11.3 Å². The SMILES string of the molecule is COC1CC(NCc2ccc(C)s2)C1(C)C. The number of methoxy groups -OCH3 is 1. The van der Waals surface area contributed by atoms with Gasteiger partial charge in [0, 0.05) is 34.9 Å². The van der Waals surface area contributed by atoms with E-state index < -0.39 is 0 Å². The Hall–Kier alpha value is -0.380. The third-order valence-corrected chi connectivity index (χ3v) is 4.78. The average molecular weight is 239 g/mol. The van der Waals surface area contributed by atoms with Crippen molar-refractivity contribution in [2.24, 2.45) is 5.41 Å². The van der Waals surface area contributed by atoms with Gasteiger partial charge in [0.2, 0.25) is 0 Å². The lowest BCUT2D eigenvalue weighted by molar-refractivity contribution is -0.0978. The van der Waals surface area contributed by atoms with E-state index in [1.165, 1.54) is 9.75 Å². The molecular weight excluding hydrogens is 218 g/mol. The molecule has 0 bridgehead atoms. The molecule has 1 aliphatic rings. The summed E-state index contributed by atoms with van der Waals surface area (Å²) in [6, 6.07) is 4.98. The van der Waals surface area contributed by atoms with Crippen LogP contribution in [-0.4, -0.2) is 19.3 Å². The van der Waals surface area contributed by atoms with Crippen LogP contribution in [0.4, 0.5) is 0 Å². The molecule has 0 spiro atoms. The van der Waals surface area contributed by atoms with Crippen LogP contribution in [0.1, 0.15) is 30.0 Å². The Morgan fingerprint density at radius 2 is 2.25 bits per heavy atom. The predicted molar refractivity (Wildman–Crippen MR) is 68.9 cm³/mol. The minimum absolute atomic E-state index is 0.265. The third kappa shape index (κ3) is 2.17. The van der Waals surface area contributed by atoms with Gasteiger partial charge in [0.25, 0.3) is 0 Å². The van der Waals surface area contributed by atoms with E-state index in [0.717, 1.165) is 13.0 Å². The highest BCUT2D eigenvalue weighted by Gasteiger charge is 2.48. The fourth-order valence-electron chi connectivity index (χ4n) is 2.44. The van der Waals surface area contributed by atoms with Crippen molar-refractivity contribution < 1.29 is 4.74 Å². The largest absolute Gasteiger partial charge is 0.381 e. The molecule has 0 aliphatic heterocycles. The molecule has 2 unspecified atom stereocenters. The summed E-state index contributed by atoms with van der Waals surface area (Å²) in [4.78, 5) is 2.81. The van der Waals surface area contributed by atoms with E-state index in [2.05, 4.69) is 38.2 Å². The summed E-state index contributed by atoms with van der Waals surface area (Å²) in [5, 5.41) is 3.63. The molecule has 1 heterocycles. The smallest absolute Gasteiger partial charge is 0.0652 e. The molecule has 2 nitrogen and oxygen atoms in total. The standard InChI is InChI=1S/C13H21NOS/c1-9-5-6-10(16-9)8-14-11-7-12(15-4)13(11,2)3/h5-6,11-12,14H,7-8H2,1-4H3. The number of nitrogens with one attached hydrogen (secondary N) is 1. The second-order valence-electron chi connectivity index (χ2n) is 5.23. The minimum atomic E-state index is 0.265. The Labute approximate surface area is 102 Å². The summed E-state index contributed by atoms with van der Waals surface area (Å²) in [6.07, 6.45) is 1.54. The first-order valence-electron chi connectivity index (χ1n) is 5.85. The number of hydrogen-bond acceptors (Lipinski definition) is 3. The lowest BCUT2D eigenvalue weighted by Crippen LogP contribution is -2.60. The van der Waals surface area contributed by atoms with Crippen LogP contribution < -0.4 is 5.32 Å². The highest BCUT2D eigenvalue weighted by molar-refractivity contribution is 7.11. The zero-order valence-corrected chi connectivity index (χ0v) is 11.4. The van der Waals surface area contributed by atoms with Crippen molar-refractivity contribution in [2.75, 3.05) is 7.11 Å². The van der Waals surface area contributed by atoms with Gasteiger partial charge in [0.15, 0.2) is 0 Å². The first kappa shape index (κ1) is 12.1. The van der Waals surface area contributed by atoms with E-state index in [4.69, 9.17) is 4.74 Å². The molecule has 2 rings (SSSR count). The van der Waals surface area contributed by atoms with E-state index in [-0.39, 0.29) is 5.41 Å². The minimum Gasteiger partial charge on any atom is -0.381 e. The monoisotopic (exact) mass is 239 g/mol. The van der Waals surface area contributed by atoms with E-state index in [0.29, 0.717) is 12.1 Å². The van der Waals surface area contributed by atoms with Crippen LogP contribution in [0.2, 0.25) is 0 Å². The number of hydrogen-bond donors (Lipinski definition) is 1. The molecule has 0 amide bonds. The molecule has 0 saturated heterocycles. The molecule has 1 aliphatic carbocycles. The maximum absolute atomic E-state index is 5.45. The fourth-order valence-corrected chi connectivity index (χ4v) is 3.28. The van der Waals surface area contributed by atoms with Gasteiger partial charge in [-0.05, 0) is 25.5 Å².